The number of fused-ring (bicyclic) bond motifs is 1. The maximum absolute atomic E-state index is 13.8. The van der Waals surface area contributed by atoms with E-state index in [1.54, 1.807) is 47.7 Å². The molecule has 4 heterocycles. The summed E-state index contributed by atoms with van der Waals surface area (Å²) in [5.41, 5.74) is 2.39. The molecule has 5 aromatic rings. The molecule has 0 spiro atoms. The molecule has 1 fully saturated rings. The van der Waals surface area contributed by atoms with E-state index in [1.165, 1.54) is 58.8 Å². The third kappa shape index (κ3) is 8.76. The van der Waals surface area contributed by atoms with Crippen LogP contribution in [0.3, 0.4) is 0 Å². The molecular weight excluding hydrogens is 910 g/mol. The molecule has 2 N–H and O–H groups in total. The van der Waals surface area contributed by atoms with Gasteiger partial charge in [0.15, 0.2) is 10.8 Å². The normalized spacial score (nSPS) is 16.1. The zero-order valence-corrected chi connectivity index (χ0v) is 36.1. The number of carbonyl (C=O) groups excluding carboxylic acids is 4. The zero-order valence-electron chi connectivity index (χ0n) is 31.5. The summed E-state index contributed by atoms with van der Waals surface area (Å²) in [6.45, 7) is 1.47. The van der Waals surface area contributed by atoms with Gasteiger partial charge in [-0.2, -0.15) is 0 Å². The van der Waals surface area contributed by atoms with Crippen LogP contribution in [-0.2, 0) is 34.3 Å². The van der Waals surface area contributed by atoms with Crippen molar-refractivity contribution in [3.8, 4) is 0 Å². The summed E-state index contributed by atoms with van der Waals surface area (Å²) in [7, 11) is 2.99. The largest absolute Gasteiger partial charge is 1.00 e. The van der Waals surface area contributed by atoms with Crippen molar-refractivity contribution in [2.45, 2.75) is 28.8 Å². The minimum Gasteiger partial charge on any atom is -1.00 e. The Morgan fingerprint density at radius 3 is 2.10 bits per heavy atom. The quantitative estimate of drug-likeness (QED) is 0.0195. The highest BCUT2D eigenvalue weighted by Gasteiger charge is 2.53. The standard InChI is InChI=1S/C41H37N7O6S3.HI/c1-27(49)46(2)47-22-19-31(20-23-47)57-26-54-39(52)33-21-24-55-38-35(37(51)48(33)38)43-36(50)34(45-53-3)32-25-56-40(42-32)44-41(28-13-7-4-8-14-28,29-15-9-5-10-16-29)30-17-11-6-12-18-30;/h4-23,25,35,38H,24,26H2,1-3H3,(H-,42,43,44,50);1H/b45-34-;/t35?,38-;/m0./s1. The predicted octanol–water partition coefficient (Wildman–Crippen LogP) is 1.88. The molecule has 0 saturated carbocycles. The first-order chi connectivity index (χ1) is 27.7. The smallest absolute Gasteiger partial charge is 0.355 e. The lowest BCUT2D eigenvalue weighted by molar-refractivity contribution is -0.680. The van der Waals surface area contributed by atoms with Crippen molar-refractivity contribution in [3.05, 3.63) is 155 Å². The fourth-order valence-corrected chi connectivity index (χ4v) is 9.07. The SMILES string of the molecule is CO/N=C(\C(=O)NC1C(=O)N2C(C(=O)OCSc3cc[n+](N(C)C(C)=O)cc3)=CCS[C@@H]12)c1csc(NC(c2ccccc2)(c2ccccc2)c2ccccc2)n1.[I-]. The number of hydrogen-bond donors (Lipinski definition) is 2. The van der Waals surface area contributed by atoms with Crippen molar-refractivity contribution >= 4 is 69.4 Å². The van der Waals surface area contributed by atoms with E-state index in [9.17, 15) is 19.2 Å². The number of anilines is 1. The average Bonchev–Trinajstić information content (AvgIpc) is 3.72. The van der Waals surface area contributed by atoms with Crippen LogP contribution >= 0.6 is 34.9 Å². The molecule has 2 atom stereocenters. The number of ether oxygens (including phenoxy) is 1. The van der Waals surface area contributed by atoms with Gasteiger partial charge in [0, 0.05) is 35.1 Å². The number of thiazole rings is 1. The van der Waals surface area contributed by atoms with E-state index in [4.69, 9.17) is 14.6 Å². The Bertz CT molecular complexity index is 2220. The lowest BCUT2D eigenvalue weighted by atomic mass is 9.77. The van der Waals surface area contributed by atoms with E-state index in [0.717, 1.165) is 21.6 Å². The number of hydrogen-bond acceptors (Lipinski definition) is 12. The predicted molar refractivity (Wildman–Crippen MR) is 220 cm³/mol. The van der Waals surface area contributed by atoms with Crippen LogP contribution < -0.4 is 44.3 Å². The minimum absolute atomic E-state index is 0. The molecule has 17 heteroatoms. The van der Waals surface area contributed by atoms with E-state index in [0.29, 0.717) is 10.9 Å². The van der Waals surface area contributed by atoms with Crippen molar-refractivity contribution in [3.63, 3.8) is 0 Å². The molecule has 1 saturated heterocycles. The van der Waals surface area contributed by atoms with Gasteiger partial charge in [-0.25, -0.2) is 9.78 Å². The van der Waals surface area contributed by atoms with Crippen LogP contribution in [0.25, 0.3) is 0 Å². The molecule has 2 aromatic heterocycles. The number of carbonyl (C=O) groups is 4. The van der Waals surface area contributed by atoms with Crippen molar-refractivity contribution in [1.29, 1.82) is 0 Å². The van der Waals surface area contributed by atoms with E-state index >= 15 is 0 Å². The molecule has 2 aliphatic rings. The summed E-state index contributed by atoms with van der Waals surface area (Å²) in [4.78, 5) is 64.1. The van der Waals surface area contributed by atoms with Gasteiger partial charge in [-0.05, 0) is 22.8 Å². The number of nitrogens with one attached hydrogen (secondary N) is 2. The highest BCUT2D eigenvalue weighted by Crippen LogP contribution is 2.41. The molecule has 0 bridgehead atoms. The topological polar surface area (TPSA) is 146 Å². The van der Waals surface area contributed by atoms with Gasteiger partial charge in [0.05, 0.1) is 7.05 Å². The van der Waals surface area contributed by atoms with Gasteiger partial charge in [0.2, 0.25) is 12.4 Å². The Morgan fingerprint density at radius 2 is 1.55 bits per heavy atom. The fourth-order valence-electron chi connectivity index (χ4n) is 6.50. The third-order valence-electron chi connectivity index (χ3n) is 9.40. The van der Waals surface area contributed by atoms with Gasteiger partial charge < -0.3 is 44.2 Å². The number of nitrogens with zero attached hydrogens (tertiary/aromatic N) is 5. The Hall–Kier alpha value is -5.24. The van der Waals surface area contributed by atoms with E-state index < -0.39 is 34.7 Å². The van der Waals surface area contributed by atoms with Crippen molar-refractivity contribution in [1.82, 2.24) is 15.2 Å². The second kappa shape index (κ2) is 19.0. The number of esters is 1. The van der Waals surface area contributed by atoms with Crippen LogP contribution in [-0.4, -0.2) is 76.6 Å². The highest BCUT2D eigenvalue weighted by atomic mass is 127. The third-order valence-corrected chi connectivity index (χ3v) is 12.2. The summed E-state index contributed by atoms with van der Waals surface area (Å²) in [5, 5.41) is 13.7. The molecule has 298 valence electrons. The molecule has 3 aromatic carbocycles. The maximum atomic E-state index is 13.8. The lowest BCUT2D eigenvalue weighted by Crippen LogP contribution is -3.00. The Labute approximate surface area is 364 Å². The number of oxime groups is 1. The first-order valence-electron chi connectivity index (χ1n) is 17.7. The molecule has 58 heavy (non-hydrogen) atoms. The van der Waals surface area contributed by atoms with E-state index in [2.05, 4.69) is 52.2 Å². The van der Waals surface area contributed by atoms with Crippen LogP contribution in [0.4, 0.5) is 5.13 Å². The summed E-state index contributed by atoms with van der Waals surface area (Å²) in [6.07, 6.45) is 5.10. The highest BCUT2D eigenvalue weighted by molar-refractivity contribution is 8.00. The molecule has 0 radical (unpaired) electrons. The number of halogens is 1. The van der Waals surface area contributed by atoms with E-state index in [1.807, 2.05) is 54.6 Å². The molecule has 0 aliphatic carbocycles. The van der Waals surface area contributed by atoms with Crippen LogP contribution in [0.5, 0.6) is 0 Å². The summed E-state index contributed by atoms with van der Waals surface area (Å²) in [6, 6.07) is 32.9. The van der Waals surface area contributed by atoms with Crippen molar-refractivity contribution < 1.29 is 57.4 Å². The minimum atomic E-state index is -0.919. The molecule has 7 rings (SSSR count). The second-order valence-corrected chi connectivity index (χ2v) is 15.8. The van der Waals surface area contributed by atoms with Gasteiger partial charge >= 0.3 is 5.97 Å². The van der Waals surface area contributed by atoms with Crippen LogP contribution in [0.2, 0.25) is 0 Å². The van der Waals surface area contributed by atoms with Gasteiger partial charge in [-0.15, -0.1) is 28.1 Å². The monoisotopic (exact) mass is 947 g/mol. The fraction of sp³-hybridized carbons (Fsp3) is 0.195. The number of β-lactam (4-membered cyclic amide) rings is 1. The number of amides is 3. The van der Waals surface area contributed by atoms with Gasteiger partial charge in [-0.3, -0.25) is 19.3 Å². The number of aromatic nitrogens is 2. The maximum Gasteiger partial charge on any atom is 0.355 e. The summed E-state index contributed by atoms with van der Waals surface area (Å²) >= 11 is 4.01. The Morgan fingerprint density at radius 1 is 0.966 bits per heavy atom. The summed E-state index contributed by atoms with van der Waals surface area (Å²) in [5.74, 6) is -1.42. The lowest BCUT2D eigenvalue weighted by Gasteiger charge is -2.48. The van der Waals surface area contributed by atoms with Crippen LogP contribution in [0.1, 0.15) is 29.3 Å². The van der Waals surface area contributed by atoms with Crippen molar-refractivity contribution in [2.75, 3.05) is 36.2 Å². The van der Waals surface area contributed by atoms with Crippen molar-refractivity contribution in [2.24, 2.45) is 5.16 Å². The number of benzene rings is 3. The zero-order chi connectivity index (χ0) is 39.9. The second-order valence-electron chi connectivity index (χ2n) is 12.8. The molecule has 3 amide bonds. The molecular formula is C41H38IN7O6S3. The number of pyridine rings is 1. The van der Waals surface area contributed by atoms with E-state index in [-0.39, 0.29) is 52.9 Å². The average molecular weight is 948 g/mol. The first-order valence-corrected chi connectivity index (χ1v) is 20.7. The molecule has 2 aliphatic heterocycles. The first kappa shape index (κ1) is 42.4. The summed E-state index contributed by atoms with van der Waals surface area (Å²) < 4.78 is 7.15. The van der Waals surface area contributed by atoms with Crippen LogP contribution in [0.15, 0.2) is 143 Å². The van der Waals surface area contributed by atoms with Crippen LogP contribution in [0, 0.1) is 0 Å². The number of rotatable bonds is 14. The van der Waals surface area contributed by atoms with Gasteiger partial charge in [0.25, 0.3) is 17.7 Å². The van der Waals surface area contributed by atoms with Gasteiger partial charge in [0.1, 0.15) is 41.4 Å². The molecule has 13 nitrogen and oxygen atoms in total. The molecule has 1 unspecified atom stereocenters. The van der Waals surface area contributed by atoms with Gasteiger partial charge in [-0.1, -0.05) is 113 Å². The Kier molecular flexibility index (Phi) is 13.9. The Balaban J connectivity index is 0.00000567. The number of thioether (sulfide) groups is 2.